The number of urea groups is 1. The Morgan fingerprint density at radius 1 is 0.814 bits per heavy atom. The second-order valence-corrected chi connectivity index (χ2v) is 10.9. The molecule has 0 saturated carbocycles. The van der Waals surface area contributed by atoms with E-state index >= 15 is 0 Å². The van der Waals surface area contributed by atoms with Crippen molar-refractivity contribution in [1.82, 2.24) is 0 Å². The van der Waals surface area contributed by atoms with Gasteiger partial charge in [0.25, 0.3) is 0 Å². The summed E-state index contributed by atoms with van der Waals surface area (Å²) in [5.74, 6) is -0.666. The molecular formula is C35H33N3O5. The third-order valence-electron chi connectivity index (χ3n) is 8.28. The number of hydrogen-bond donors (Lipinski definition) is 2. The maximum Gasteiger partial charge on any atom is 0.326 e. The smallest absolute Gasteiger partial charge is 0.326 e. The van der Waals surface area contributed by atoms with Crippen LogP contribution in [0.25, 0.3) is 0 Å². The lowest BCUT2D eigenvalue weighted by molar-refractivity contribution is -0.137. The van der Waals surface area contributed by atoms with E-state index in [4.69, 9.17) is 4.74 Å². The molecule has 0 bridgehead atoms. The van der Waals surface area contributed by atoms with Crippen LogP contribution in [0.2, 0.25) is 0 Å². The molecule has 0 spiro atoms. The van der Waals surface area contributed by atoms with Gasteiger partial charge in [-0.25, -0.2) is 4.79 Å². The number of benzene rings is 4. The van der Waals surface area contributed by atoms with Gasteiger partial charge in [-0.1, -0.05) is 66.7 Å². The lowest BCUT2D eigenvalue weighted by Gasteiger charge is -2.21. The fourth-order valence-corrected chi connectivity index (χ4v) is 6.14. The van der Waals surface area contributed by atoms with E-state index in [1.54, 1.807) is 29.0 Å². The van der Waals surface area contributed by atoms with Gasteiger partial charge in [0.15, 0.2) is 0 Å². The van der Waals surface area contributed by atoms with Gasteiger partial charge in [0.2, 0.25) is 5.91 Å². The summed E-state index contributed by atoms with van der Waals surface area (Å²) in [7, 11) is 1.54. The first kappa shape index (κ1) is 28.0. The van der Waals surface area contributed by atoms with E-state index < -0.39 is 5.97 Å². The number of carbonyl (C=O) groups excluding carboxylic acids is 2. The summed E-state index contributed by atoms with van der Waals surface area (Å²) < 4.78 is 5.58. The van der Waals surface area contributed by atoms with Crippen LogP contribution in [-0.2, 0) is 28.9 Å². The highest BCUT2D eigenvalue weighted by Crippen LogP contribution is 2.36. The molecule has 3 amide bonds. The number of rotatable bonds is 8. The average Bonchev–Trinajstić information content (AvgIpc) is 3.65. The number of amides is 3. The highest BCUT2D eigenvalue weighted by Gasteiger charge is 2.28. The van der Waals surface area contributed by atoms with Crippen LogP contribution in [0.5, 0.6) is 5.75 Å². The number of anilines is 3. The Kier molecular flexibility index (Phi) is 7.83. The normalized spacial score (nSPS) is 14.2. The predicted octanol–water partition coefficient (Wildman–Crippen LogP) is 6.03. The molecule has 4 aromatic carbocycles. The number of nitrogens with one attached hydrogen (secondary N) is 1. The van der Waals surface area contributed by atoms with Gasteiger partial charge < -0.3 is 20.1 Å². The summed E-state index contributed by atoms with van der Waals surface area (Å²) in [5.41, 5.74) is 7.17. The van der Waals surface area contributed by atoms with Crippen LogP contribution in [0.4, 0.5) is 21.9 Å². The van der Waals surface area contributed by atoms with Crippen LogP contribution in [-0.4, -0.2) is 43.2 Å². The van der Waals surface area contributed by atoms with E-state index in [1.807, 2.05) is 78.9 Å². The SMILES string of the molecule is COc1cc(CC(=O)N2CCc3cc([C@H](CC(=O)O)c4ccccc4)ccc32)ccc1NC(=O)N1CCc2ccccc21. The highest BCUT2D eigenvalue weighted by atomic mass is 16.5. The largest absolute Gasteiger partial charge is 0.495 e. The van der Waals surface area contributed by atoms with Crippen molar-refractivity contribution in [3.8, 4) is 5.75 Å². The van der Waals surface area contributed by atoms with Gasteiger partial charge in [0, 0.05) is 30.4 Å². The molecule has 43 heavy (non-hydrogen) atoms. The Balaban J connectivity index is 1.15. The Morgan fingerprint density at radius 2 is 1.53 bits per heavy atom. The second-order valence-electron chi connectivity index (χ2n) is 10.9. The molecule has 0 aliphatic carbocycles. The second kappa shape index (κ2) is 12.0. The monoisotopic (exact) mass is 575 g/mol. The molecule has 0 saturated heterocycles. The first-order valence-corrected chi connectivity index (χ1v) is 14.4. The summed E-state index contributed by atoms with van der Waals surface area (Å²) >= 11 is 0. The number of carboxylic acid groups (broad SMARTS) is 1. The molecule has 0 fully saturated rings. The third-order valence-corrected chi connectivity index (χ3v) is 8.28. The fourth-order valence-electron chi connectivity index (χ4n) is 6.14. The summed E-state index contributed by atoms with van der Waals surface area (Å²) in [6.07, 6.45) is 1.70. The molecule has 2 aliphatic heterocycles. The highest BCUT2D eigenvalue weighted by molar-refractivity contribution is 6.04. The summed E-state index contributed by atoms with van der Waals surface area (Å²) in [6.45, 7) is 1.18. The number of hydrogen-bond acceptors (Lipinski definition) is 4. The van der Waals surface area contributed by atoms with Crippen molar-refractivity contribution in [3.63, 3.8) is 0 Å². The van der Waals surface area contributed by atoms with Gasteiger partial charge in [-0.3, -0.25) is 14.5 Å². The number of fused-ring (bicyclic) bond motifs is 2. The molecule has 6 rings (SSSR count). The maximum absolute atomic E-state index is 13.4. The third kappa shape index (κ3) is 5.81. The van der Waals surface area contributed by atoms with E-state index in [0.717, 1.165) is 45.6 Å². The van der Waals surface area contributed by atoms with Crippen LogP contribution in [0.15, 0.2) is 91.0 Å². The van der Waals surface area contributed by atoms with Crippen molar-refractivity contribution in [2.24, 2.45) is 0 Å². The van der Waals surface area contributed by atoms with Crippen molar-refractivity contribution >= 4 is 35.0 Å². The average molecular weight is 576 g/mol. The zero-order valence-electron chi connectivity index (χ0n) is 24.0. The number of para-hydroxylation sites is 1. The fraction of sp³-hybridized carbons (Fsp3) is 0.229. The van der Waals surface area contributed by atoms with Crippen molar-refractivity contribution in [2.75, 3.05) is 35.3 Å². The summed E-state index contributed by atoms with van der Waals surface area (Å²) in [5, 5.41) is 12.5. The van der Waals surface area contributed by atoms with E-state index in [9.17, 15) is 19.5 Å². The number of aliphatic carboxylic acids is 1. The Labute approximate surface area is 250 Å². The summed E-state index contributed by atoms with van der Waals surface area (Å²) in [4.78, 5) is 41.7. The van der Waals surface area contributed by atoms with E-state index in [2.05, 4.69) is 5.32 Å². The van der Waals surface area contributed by atoms with Gasteiger partial charge in [0.1, 0.15) is 5.75 Å². The van der Waals surface area contributed by atoms with Crippen molar-refractivity contribution in [1.29, 1.82) is 0 Å². The van der Waals surface area contributed by atoms with Gasteiger partial charge in [-0.05, 0) is 64.9 Å². The lowest BCUT2D eigenvalue weighted by atomic mass is 9.87. The molecule has 8 heteroatoms. The zero-order valence-corrected chi connectivity index (χ0v) is 24.0. The van der Waals surface area contributed by atoms with Gasteiger partial charge in [0.05, 0.1) is 25.6 Å². The molecular weight excluding hydrogens is 542 g/mol. The minimum absolute atomic E-state index is 0.00491. The van der Waals surface area contributed by atoms with E-state index in [-0.39, 0.29) is 30.7 Å². The number of methoxy groups -OCH3 is 1. The van der Waals surface area contributed by atoms with Crippen LogP contribution in [0, 0.1) is 0 Å². The van der Waals surface area contributed by atoms with Crippen LogP contribution in [0.3, 0.4) is 0 Å². The molecule has 2 heterocycles. The standard InChI is InChI=1S/C35H33N3O5/c1-43-32-19-23(11-13-29(32)36-35(42)38-18-15-25-9-5-6-10-30(25)38)20-33(39)37-17-16-27-21-26(12-14-31(27)37)28(22-34(40)41)24-7-3-2-4-8-24/h2-14,19,21,28H,15-18,20,22H2,1H3,(H,36,42)(H,40,41)/t28-/m1/s1. The molecule has 8 nitrogen and oxygen atoms in total. The van der Waals surface area contributed by atoms with E-state index in [1.165, 1.54) is 0 Å². The van der Waals surface area contributed by atoms with Gasteiger partial charge >= 0.3 is 12.0 Å². The topological polar surface area (TPSA) is 99.2 Å². The minimum Gasteiger partial charge on any atom is -0.495 e. The number of nitrogens with zero attached hydrogens (tertiary/aromatic N) is 2. The Morgan fingerprint density at radius 3 is 2.33 bits per heavy atom. The first-order valence-electron chi connectivity index (χ1n) is 14.4. The molecule has 218 valence electrons. The summed E-state index contributed by atoms with van der Waals surface area (Å²) in [6, 6.07) is 28.6. The van der Waals surface area contributed by atoms with Gasteiger partial charge in [-0.15, -0.1) is 0 Å². The molecule has 4 aromatic rings. The molecule has 0 radical (unpaired) electrons. The predicted molar refractivity (Wildman–Crippen MR) is 166 cm³/mol. The molecule has 0 unspecified atom stereocenters. The van der Waals surface area contributed by atoms with Gasteiger partial charge in [-0.2, -0.15) is 0 Å². The molecule has 2 aliphatic rings. The maximum atomic E-state index is 13.4. The quantitative estimate of drug-likeness (QED) is 0.267. The number of carbonyl (C=O) groups is 3. The molecule has 0 aromatic heterocycles. The van der Waals surface area contributed by atoms with Crippen LogP contribution < -0.4 is 19.9 Å². The number of ether oxygens (including phenoxy) is 1. The van der Waals surface area contributed by atoms with E-state index in [0.29, 0.717) is 30.9 Å². The molecule has 2 N–H and O–H groups in total. The van der Waals surface area contributed by atoms with Crippen molar-refractivity contribution < 1.29 is 24.2 Å². The van der Waals surface area contributed by atoms with Crippen molar-refractivity contribution in [2.45, 2.75) is 31.6 Å². The first-order chi connectivity index (χ1) is 20.9. The van der Waals surface area contributed by atoms with Crippen LogP contribution in [0.1, 0.15) is 40.2 Å². The van der Waals surface area contributed by atoms with Crippen molar-refractivity contribution in [3.05, 3.63) is 119 Å². The zero-order chi connectivity index (χ0) is 29.9. The Bertz CT molecular complexity index is 1690. The minimum atomic E-state index is -0.853. The number of carboxylic acids is 1. The lowest BCUT2D eigenvalue weighted by Crippen LogP contribution is -2.33. The Hall–Kier alpha value is -5.11. The molecule has 1 atom stereocenters. The van der Waals surface area contributed by atoms with Crippen LogP contribution >= 0.6 is 0 Å².